The topological polar surface area (TPSA) is 42.2 Å². The van der Waals surface area contributed by atoms with Crippen molar-refractivity contribution in [2.24, 2.45) is 0 Å². The number of nitrogens with one attached hydrogen (secondary N) is 1. The van der Waals surface area contributed by atoms with Crippen LogP contribution in [0.1, 0.15) is 42.5 Å². The van der Waals surface area contributed by atoms with Crippen molar-refractivity contribution in [3.05, 3.63) is 65.7 Å². The summed E-state index contributed by atoms with van der Waals surface area (Å²) in [6.07, 6.45) is 7.38. The molecule has 0 saturated carbocycles. The average Bonchev–Trinajstić information content (AvgIpc) is 2.93. The summed E-state index contributed by atoms with van der Waals surface area (Å²) in [7, 11) is 1.97. The zero-order chi connectivity index (χ0) is 14.8. The van der Waals surface area contributed by atoms with Gasteiger partial charge in [-0.3, -0.25) is 4.98 Å². The van der Waals surface area contributed by atoms with E-state index in [1.54, 1.807) is 6.20 Å². The van der Waals surface area contributed by atoms with Gasteiger partial charge in [-0.05, 0) is 24.1 Å². The van der Waals surface area contributed by atoms with Crippen LogP contribution < -0.4 is 5.32 Å². The lowest BCUT2D eigenvalue weighted by Gasteiger charge is -2.17. The van der Waals surface area contributed by atoms with E-state index in [4.69, 9.17) is 0 Å². The van der Waals surface area contributed by atoms with E-state index >= 15 is 0 Å². The van der Waals surface area contributed by atoms with Crippen molar-refractivity contribution in [2.75, 3.05) is 7.05 Å². The Balaban J connectivity index is 2.01. The van der Waals surface area contributed by atoms with E-state index < -0.39 is 0 Å². The number of benzene rings is 1. The van der Waals surface area contributed by atoms with E-state index in [2.05, 4.69) is 53.5 Å². The van der Waals surface area contributed by atoms with Gasteiger partial charge in [-0.1, -0.05) is 38.1 Å². The van der Waals surface area contributed by atoms with E-state index in [9.17, 15) is 0 Å². The van der Waals surface area contributed by atoms with Crippen molar-refractivity contribution < 1.29 is 0 Å². The van der Waals surface area contributed by atoms with Gasteiger partial charge in [0.05, 0.1) is 24.0 Å². The molecule has 0 aliphatic rings. The Hall–Kier alpha value is -2.20. The molecule has 0 aliphatic heterocycles. The lowest BCUT2D eigenvalue weighted by atomic mass is 9.96. The first kappa shape index (κ1) is 13.8. The predicted molar refractivity (Wildman–Crippen MR) is 84.4 cm³/mol. The van der Waals surface area contributed by atoms with E-state index in [0.717, 1.165) is 11.1 Å². The van der Waals surface area contributed by atoms with Crippen molar-refractivity contribution >= 4 is 5.52 Å². The number of rotatable bonds is 4. The second-order valence-electron chi connectivity index (χ2n) is 5.55. The summed E-state index contributed by atoms with van der Waals surface area (Å²) in [5, 5.41) is 7.78. The summed E-state index contributed by atoms with van der Waals surface area (Å²) in [5.74, 6) is 0.549. The van der Waals surface area contributed by atoms with Crippen LogP contribution in [0, 0.1) is 0 Å². The molecule has 3 rings (SSSR count). The Morgan fingerprint density at radius 2 is 1.76 bits per heavy atom. The second kappa shape index (κ2) is 5.66. The Kier molecular flexibility index (Phi) is 3.71. The summed E-state index contributed by atoms with van der Waals surface area (Å²) in [6, 6.07) is 8.91. The fourth-order valence-corrected chi connectivity index (χ4v) is 2.65. The molecule has 1 N–H and O–H groups in total. The molecule has 0 aliphatic carbocycles. The highest BCUT2D eigenvalue weighted by atomic mass is 15.2. The van der Waals surface area contributed by atoms with Gasteiger partial charge in [-0.2, -0.15) is 5.10 Å². The highest BCUT2D eigenvalue weighted by molar-refractivity contribution is 5.55. The van der Waals surface area contributed by atoms with Crippen LogP contribution in [0.5, 0.6) is 0 Å². The summed E-state index contributed by atoms with van der Waals surface area (Å²) in [6.45, 7) is 4.42. The first-order chi connectivity index (χ1) is 10.2. The molecule has 0 radical (unpaired) electrons. The van der Waals surface area contributed by atoms with E-state index in [-0.39, 0.29) is 6.04 Å². The SMILES string of the molecule is CNC(c1ccc(C(C)C)cc1)c1cnn2ccncc12. The Morgan fingerprint density at radius 3 is 2.43 bits per heavy atom. The molecule has 0 amide bonds. The normalized spacial score (nSPS) is 13.0. The first-order valence-corrected chi connectivity index (χ1v) is 7.25. The van der Waals surface area contributed by atoms with Crippen LogP contribution in [0.15, 0.2) is 49.1 Å². The van der Waals surface area contributed by atoms with Crippen LogP contribution in [-0.2, 0) is 0 Å². The molecule has 21 heavy (non-hydrogen) atoms. The van der Waals surface area contributed by atoms with Crippen molar-refractivity contribution in [2.45, 2.75) is 25.8 Å². The monoisotopic (exact) mass is 280 g/mol. The average molecular weight is 280 g/mol. The molecule has 1 atom stereocenters. The molecule has 0 spiro atoms. The third kappa shape index (κ3) is 2.54. The zero-order valence-electron chi connectivity index (χ0n) is 12.6. The van der Waals surface area contributed by atoms with Gasteiger partial charge >= 0.3 is 0 Å². The van der Waals surface area contributed by atoms with Gasteiger partial charge < -0.3 is 5.32 Å². The van der Waals surface area contributed by atoms with Gasteiger partial charge in [-0.15, -0.1) is 0 Å². The van der Waals surface area contributed by atoms with E-state index in [1.807, 2.05) is 30.2 Å². The molecule has 3 aromatic rings. The van der Waals surface area contributed by atoms with Crippen molar-refractivity contribution in [1.29, 1.82) is 0 Å². The smallest absolute Gasteiger partial charge is 0.0896 e. The molecule has 2 aromatic heterocycles. The quantitative estimate of drug-likeness (QED) is 0.798. The van der Waals surface area contributed by atoms with Crippen LogP contribution >= 0.6 is 0 Å². The highest BCUT2D eigenvalue weighted by Crippen LogP contribution is 2.26. The van der Waals surface area contributed by atoms with Crippen LogP contribution in [-0.4, -0.2) is 21.6 Å². The molecule has 0 fully saturated rings. The molecule has 2 heterocycles. The maximum absolute atomic E-state index is 4.40. The maximum Gasteiger partial charge on any atom is 0.0896 e. The minimum atomic E-state index is 0.118. The largest absolute Gasteiger partial charge is 0.309 e. The van der Waals surface area contributed by atoms with Crippen molar-refractivity contribution in [1.82, 2.24) is 19.9 Å². The lowest BCUT2D eigenvalue weighted by Crippen LogP contribution is -2.17. The van der Waals surface area contributed by atoms with Gasteiger partial charge in [0.1, 0.15) is 0 Å². The first-order valence-electron chi connectivity index (χ1n) is 7.25. The van der Waals surface area contributed by atoms with Crippen LogP contribution in [0.25, 0.3) is 5.52 Å². The zero-order valence-corrected chi connectivity index (χ0v) is 12.6. The second-order valence-corrected chi connectivity index (χ2v) is 5.55. The van der Waals surface area contributed by atoms with Crippen LogP contribution in [0.3, 0.4) is 0 Å². The van der Waals surface area contributed by atoms with Gasteiger partial charge in [0, 0.05) is 18.0 Å². The molecular weight excluding hydrogens is 260 g/mol. The van der Waals surface area contributed by atoms with Crippen LogP contribution in [0.4, 0.5) is 0 Å². The number of fused-ring (bicyclic) bond motifs is 1. The number of aromatic nitrogens is 3. The van der Waals surface area contributed by atoms with Crippen molar-refractivity contribution in [3.8, 4) is 0 Å². The standard InChI is InChI=1S/C17H20N4/c1-12(2)13-4-6-14(7-5-13)17(18-3)15-10-20-21-9-8-19-11-16(15)21/h4-12,17-18H,1-3H3. The predicted octanol–water partition coefficient (Wildman–Crippen LogP) is 3.16. The molecular formula is C17H20N4. The number of nitrogens with zero attached hydrogens (tertiary/aromatic N) is 3. The third-order valence-corrected chi connectivity index (χ3v) is 3.89. The minimum absolute atomic E-state index is 0.118. The fraction of sp³-hybridized carbons (Fsp3) is 0.294. The fourth-order valence-electron chi connectivity index (χ4n) is 2.65. The summed E-state index contributed by atoms with van der Waals surface area (Å²) in [4.78, 5) is 4.20. The molecule has 1 aromatic carbocycles. The highest BCUT2D eigenvalue weighted by Gasteiger charge is 2.17. The molecule has 4 nitrogen and oxygen atoms in total. The molecule has 0 saturated heterocycles. The lowest BCUT2D eigenvalue weighted by molar-refractivity contribution is 0.695. The van der Waals surface area contributed by atoms with Gasteiger partial charge in [0.15, 0.2) is 0 Å². The Morgan fingerprint density at radius 1 is 1.05 bits per heavy atom. The van der Waals surface area contributed by atoms with Crippen LogP contribution in [0.2, 0.25) is 0 Å². The molecule has 0 bridgehead atoms. The molecule has 1 unspecified atom stereocenters. The summed E-state index contributed by atoms with van der Waals surface area (Å²) >= 11 is 0. The summed E-state index contributed by atoms with van der Waals surface area (Å²) in [5.41, 5.74) is 4.77. The number of hydrogen-bond donors (Lipinski definition) is 1. The van der Waals surface area contributed by atoms with Crippen molar-refractivity contribution in [3.63, 3.8) is 0 Å². The van der Waals surface area contributed by atoms with Gasteiger partial charge in [0.25, 0.3) is 0 Å². The third-order valence-electron chi connectivity index (χ3n) is 3.89. The minimum Gasteiger partial charge on any atom is -0.309 e. The Bertz CT molecular complexity index is 728. The summed E-state index contributed by atoms with van der Waals surface area (Å²) < 4.78 is 1.86. The van der Waals surface area contributed by atoms with E-state index in [0.29, 0.717) is 5.92 Å². The van der Waals surface area contributed by atoms with Gasteiger partial charge in [-0.25, -0.2) is 4.52 Å². The van der Waals surface area contributed by atoms with E-state index in [1.165, 1.54) is 11.1 Å². The molecule has 108 valence electrons. The number of hydrogen-bond acceptors (Lipinski definition) is 3. The Labute approximate surface area is 124 Å². The van der Waals surface area contributed by atoms with Gasteiger partial charge in [0.2, 0.25) is 0 Å². The maximum atomic E-state index is 4.40. The molecule has 4 heteroatoms.